The standard InChI is InChI=1S/C62H78N8O8S2.2ClH/c1-9-27-61(28-10-2)37-49-69(59(75)45(25-33-79-49)65-55(71)39(5)63-7)53(61)57(73)67-51-43-23-17-15-21-41(43)35-47(51)77-31-19-13-14-20-32-78-48-36-42-22-16-18-24-44(42)52(48)68-58(74)54-62(29-11-3,30-12-4)38-50-70(54)60(76)46(26-34-80-50)66-56(72)40(6)64-8;;/h9-12,15-18,21-24,39-40,45-54,63-64H,1-4,25-38H2,5-8H3,(H,65,71)(H,66,72)(H,67,73)(H,68,74);2*1H/t39-,40-,45-,46-,47+,48+,49-,50-,51-,52-,53+,54+;;/m0../s1. The van der Waals surface area contributed by atoms with Gasteiger partial charge in [0.25, 0.3) is 0 Å². The van der Waals surface area contributed by atoms with Crippen LogP contribution in [0.25, 0.3) is 0 Å². The molecular formula is C62H80Cl2N8O8S2. The number of likely N-dealkylation sites (N-methyl/N-ethyl adjacent to an activating group) is 2. The summed E-state index contributed by atoms with van der Waals surface area (Å²) >= 11 is 3.28. The molecule has 0 bridgehead atoms. The summed E-state index contributed by atoms with van der Waals surface area (Å²) in [6.07, 6.45) is 11.3. The van der Waals surface area contributed by atoms with Crippen molar-refractivity contribution in [1.29, 1.82) is 0 Å². The van der Waals surface area contributed by atoms with Crippen molar-refractivity contribution in [2.75, 3.05) is 38.8 Å². The fraction of sp³-hybridized carbons (Fsp3) is 0.516. The molecule has 2 aromatic carbocycles. The van der Waals surface area contributed by atoms with Crippen LogP contribution in [0.3, 0.4) is 0 Å². The molecule has 4 aliphatic heterocycles. The van der Waals surface area contributed by atoms with E-state index in [1.165, 1.54) is 0 Å². The molecule has 0 unspecified atom stereocenters. The van der Waals surface area contributed by atoms with E-state index in [1.807, 2.05) is 72.8 Å². The van der Waals surface area contributed by atoms with Crippen LogP contribution in [-0.4, -0.2) is 143 Å². The maximum Gasteiger partial charge on any atom is 0.246 e. The summed E-state index contributed by atoms with van der Waals surface area (Å²) in [5, 5.41) is 17.9. The number of hydrogen-bond acceptors (Lipinski definition) is 12. The first-order valence-corrected chi connectivity index (χ1v) is 30.0. The molecule has 4 saturated heterocycles. The predicted molar refractivity (Wildman–Crippen MR) is 329 cm³/mol. The predicted octanol–water partition coefficient (Wildman–Crippen LogP) is 6.02. The first kappa shape index (κ1) is 65.6. The van der Waals surface area contributed by atoms with Crippen molar-refractivity contribution in [2.24, 2.45) is 10.8 Å². The van der Waals surface area contributed by atoms with Gasteiger partial charge in [0.2, 0.25) is 35.4 Å². The topological polar surface area (TPSA) is 200 Å². The van der Waals surface area contributed by atoms with Crippen LogP contribution in [0.5, 0.6) is 0 Å². The largest absolute Gasteiger partial charge is 0.363 e. The molecule has 0 radical (unpaired) electrons. The van der Waals surface area contributed by atoms with Gasteiger partial charge in [0.05, 0.1) is 47.1 Å². The zero-order chi connectivity index (χ0) is 57.1. The lowest BCUT2D eigenvalue weighted by atomic mass is 9.74. The normalized spacial score (nSPS) is 26.9. The van der Waals surface area contributed by atoms with E-state index in [9.17, 15) is 19.2 Å². The molecule has 6 aliphatic rings. The van der Waals surface area contributed by atoms with Crippen LogP contribution in [0.1, 0.15) is 99.6 Å². The van der Waals surface area contributed by atoms with Gasteiger partial charge in [-0.05, 0) is 125 Å². The van der Waals surface area contributed by atoms with Crippen molar-refractivity contribution in [1.82, 2.24) is 41.7 Å². The van der Waals surface area contributed by atoms with Gasteiger partial charge in [-0.25, -0.2) is 0 Å². The van der Waals surface area contributed by atoms with Gasteiger partial charge >= 0.3 is 0 Å². The molecule has 0 aromatic heterocycles. The summed E-state index contributed by atoms with van der Waals surface area (Å²) in [6, 6.07) is 10.4. The van der Waals surface area contributed by atoms with Crippen LogP contribution >= 0.6 is 48.3 Å². The minimum absolute atomic E-state index is 0. The molecule has 4 heterocycles. The van der Waals surface area contributed by atoms with Gasteiger partial charge < -0.3 is 51.2 Å². The van der Waals surface area contributed by atoms with E-state index >= 15 is 9.59 Å². The van der Waals surface area contributed by atoms with E-state index in [4.69, 9.17) is 9.47 Å². The summed E-state index contributed by atoms with van der Waals surface area (Å²) in [5.41, 5.74) is 2.60. The Morgan fingerprint density at radius 3 is 1.34 bits per heavy atom. The van der Waals surface area contributed by atoms with Crippen molar-refractivity contribution in [3.63, 3.8) is 0 Å². The smallest absolute Gasteiger partial charge is 0.246 e. The van der Waals surface area contributed by atoms with E-state index in [2.05, 4.69) is 81.9 Å². The summed E-state index contributed by atoms with van der Waals surface area (Å²) in [7, 11) is 3.38. The minimum Gasteiger partial charge on any atom is -0.363 e. The number of rotatable bonds is 22. The first-order chi connectivity index (χ1) is 38.7. The highest BCUT2D eigenvalue weighted by molar-refractivity contribution is 8.00. The minimum atomic E-state index is -0.867. The number of allylic oxidation sites excluding steroid dienone is 4. The van der Waals surface area contributed by atoms with E-state index < -0.39 is 71.4 Å². The Bertz CT molecular complexity index is 2630. The van der Waals surface area contributed by atoms with Crippen LogP contribution in [0, 0.1) is 34.5 Å². The number of amides is 6. The number of halogens is 2. The molecule has 82 heavy (non-hydrogen) atoms. The molecule has 4 fully saturated rings. The van der Waals surface area contributed by atoms with Gasteiger partial charge in [-0.15, -0.1) is 74.7 Å². The molecular weight excluding hydrogens is 1120 g/mol. The molecule has 442 valence electrons. The molecule has 6 N–H and O–H groups in total. The monoisotopic (exact) mass is 1200 g/mol. The Hall–Kier alpha value is -5.54. The van der Waals surface area contributed by atoms with E-state index in [0.717, 1.165) is 22.3 Å². The quantitative estimate of drug-likeness (QED) is 0.0593. The molecule has 20 heteroatoms. The molecule has 0 saturated carbocycles. The second-order valence-corrected chi connectivity index (χ2v) is 24.4. The molecule has 16 nitrogen and oxygen atoms in total. The van der Waals surface area contributed by atoms with Gasteiger partial charge in [0.15, 0.2) is 0 Å². The molecule has 0 spiro atoms. The average molecular weight is 1200 g/mol. The van der Waals surface area contributed by atoms with Crippen LogP contribution in [0.2, 0.25) is 0 Å². The van der Waals surface area contributed by atoms with Crippen molar-refractivity contribution in [3.8, 4) is 23.7 Å². The van der Waals surface area contributed by atoms with Crippen molar-refractivity contribution in [2.45, 2.75) is 149 Å². The number of carbonyl (C=O) groups is 6. The number of nitrogens with zero attached hydrogens (tertiary/aromatic N) is 2. The van der Waals surface area contributed by atoms with E-state index in [-0.39, 0.29) is 84.2 Å². The Balaban J connectivity index is 0.00000541. The third kappa shape index (κ3) is 14.0. The number of carbonyl (C=O) groups excluding carboxylic acids is 6. The highest BCUT2D eigenvalue weighted by Gasteiger charge is 2.60. The number of hydrogen-bond donors (Lipinski definition) is 6. The van der Waals surface area contributed by atoms with Gasteiger partial charge in [0, 0.05) is 23.7 Å². The van der Waals surface area contributed by atoms with Crippen LogP contribution in [0.15, 0.2) is 99.2 Å². The van der Waals surface area contributed by atoms with Gasteiger partial charge in [0.1, 0.15) is 37.4 Å². The highest BCUT2D eigenvalue weighted by atomic mass is 35.5. The van der Waals surface area contributed by atoms with Gasteiger partial charge in [-0.1, -0.05) is 84.7 Å². The lowest BCUT2D eigenvalue weighted by Gasteiger charge is -2.38. The maximum absolute atomic E-state index is 15.1. The fourth-order valence-corrected chi connectivity index (χ4v) is 15.8. The lowest BCUT2D eigenvalue weighted by Crippen LogP contribution is -2.59. The fourth-order valence-electron chi connectivity index (χ4n) is 12.8. The molecule has 6 amide bonds. The molecule has 2 aromatic rings. The summed E-state index contributed by atoms with van der Waals surface area (Å²) < 4.78 is 12.9. The van der Waals surface area contributed by atoms with E-state index in [1.54, 1.807) is 61.3 Å². The average Bonchev–Trinajstić information content (AvgIpc) is 4.32. The molecule has 2 aliphatic carbocycles. The number of nitrogens with one attached hydrogen (secondary N) is 6. The second kappa shape index (κ2) is 29.8. The molecule has 8 rings (SSSR count). The Morgan fingerprint density at radius 2 is 0.988 bits per heavy atom. The Kier molecular flexibility index (Phi) is 23.9. The summed E-state index contributed by atoms with van der Waals surface area (Å²) in [4.78, 5) is 88.8. The lowest BCUT2D eigenvalue weighted by molar-refractivity contribution is -0.144. The van der Waals surface area contributed by atoms with Crippen LogP contribution < -0.4 is 31.9 Å². The summed E-state index contributed by atoms with van der Waals surface area (Å²) in [6.45, 7) is 19.8. The third-order valence-corrected chi connectivity index (χ3v) is 19.5. The number of benzene rings is 2. The first-order valence-electron chi connectivity index (χ1n) is 27.9. The number of ether oxygens (including phenoxy) is 2. The van der Waals surface area contributed by atoms with E-state index in [0.29, 0.717) is 75.7 Å². The van der Waals surface area contributed by atoms with Crippen molar-refractivity contribution < 1.29 is 38.2 Å². The van der Waals surface area contributed by atoms with Gasteiger partial charge in [-0.3, -0.25) is 28.8 Å². The number of fused-ring (bicyclic) bond motifs is 4. The van der Waals surface area contributed by atoms with Crippen LogP contribution in [-0.2, 0) is 51.1 Å². The van der Waals surface area contributed by atoms with Gasteiger partial charge in [-0.2, -0.15) is 0 Å². The summed E-state index contributed by atoms with van der Waals surface area (Å²) in [5.74, 6) is 11.4. The third-order valence-electron chi connectivity index (χ3n) is 17.0. The SMILES string of the molecule is C=CCC1(CC=C)C[C@@H]2SCC[C@H](NC(=O)[C@H](C)NC)C(=O)N2[C@@H]1C(=O)N[C@H]1c2ccccc2C[C@H]1OCC#CC#CCO[C@@H]1Cc2ccccc2[C@@H]1NC(=O)[C@H]1N2C(=O)[C@@H](NC(=O)[C@H](C)NC)CCS[C@H]2CC1(CC=C)CC=C.Cl.Cl. The van der Waals surface area contributed by atoms with Crippen molar-refractivity contribution in [3.05, 3.63) is 121 Å². The molecule has 12 atom stereocenters. The Morgan fingerprint density at radius 1 is 0.622 bits per heavy atom. The Labute approximate surface area is 505 Å². The van der Waals surface area contributed by atoms with Crippen molar-refractivity contribution >= 4 is 83.8 Å². The zero-order valence-corrected chi connectivity index (χ0v) is 50.6. The van der Waals surface area contributed by atoms with Crippen LogP contribution in [0.4, 0.5) is 0 Å². The zero-order valence-electron chi connectivity index (χ0n) is 47.4. The maximum atomic E-state index is 15.1. The number of thioether (sulfide) groups is 2. The second-order valence-electron chi connectivity index (χ2n) is 21.9. The highest BCUT2D eigenvalue weighted by Crippen LogP contribution is 2.53.